The summed E-state index contributed by atoms with van der Waals surface area (Å²) in [6, 6.07) is 16.5. The normalized spacial score (nSPS) is 18.1. The summed E-state index contributed by atoms with van der Waals surface area (Å²) in [4.78, 5) is 4.68. The van der Waals surface area contributed by atoms with E-state index in [9.17, 15) is 0 Å². The van der Waals surface area contributed by atoms with Crippen molar-refractivity contribution in [2.45, 2.75) is 4.05 Å². The van der Waals surface area contributed by atoms with E-state index in [1.54, 1.807) is 0 Å². The van der Waals surface area contributed by atoms with Gasteiger partial charge in [0.1, 0.15) is 0 Å². The minimum absolute atomic E-state index is 0.288. The summed E-state index contributed by atoms with van der Waals surface area (Å²) in [5, 5.41) is 0. The number of aliphatic imine (C=N–C) groups is 1. The second-order valence-corrected chi connectivity index (χ2v) is 4.84. The van der Waals surface area contributed by atoms with E-state index in [-0.39, 0.29) is 4.05 Å². The maximum atomic E-state index is 4.68. The molecular formula is C13H10IN2+. The fourth-order valence-electron chi connectivity index (χ4n) is 1.85. The van der Waals surface area contributed by atoms with Crippen LogP contribution in [-0.4, -0.2) is 5.71 Å². The Balaban J connectivity index is 2.09. The maximum absolute atomic E-state index is 4.68. The zero-order valence-electron chi connectivity index (χ0n) is 8.55. The largest absolute Gasteiger partial charge is 0.324 e. The topological polar surface area (TPSA) is 16.2 Å². The van der Waals surface area contributed by atoms with Crippen molar-refractivity contribution in [1.29, 1.82) is 0 Å². The molecule has 2 nitrogen and oxygen atoms in total. The van der Waals surface area contributed by atoms with Crippen LogP contribution in [0, 0.1) is 0 Å². The molecule has 3 heteroatoms. The molecule has 1 unspecified atom stereocenters. The van der Waals surface area contributed by atoms with Gasteiger partial charge in [0.05, 0.1) is 6.20 Å². The Bertz CT molecular complexity index is 549. The van der Waals surface area contributed by atoms with Gasteiger partial charge in [0.2, 0.25) is 9.76 Å². The lowest BCUT2D eigenvalue weighted by Crippen LogP contribution is -2.35. The molecule has 0 radical (unpaired) electrons. The van der Waals surface area contributed by atoms with Gasteiger partial charge in [-0.3, -0.25) is 0 Å². The van der Waals surface area contributed by atoms with Crippen molar-refractivity contribution >= 4 is 34.1 Å². The highest BCUT2D eigenvalue weighted by Crippen LogP contribution is 2.27. The van der Waals surface area contributed by atoms with Crippen molar-refractivity contribution in [3.63, 3.8) is 0 Å². The van der Waals surface area contributed by atoms with E-state index in [2.05, 4.69) is 62.6 Å². The Hall–Kier alpha value is -1.23. The molecule has 0 saturated heterocycles. The highest BCUT2D eigenvalue weighted by atomic mass is 127. The average Bonchev–Trinajstić information content (AvgIpc) is 2.69. The van der Waals surface area contributed by atoms with Crippen molar-refractivity contribution in [2.24, 2.45) is 4.99 Å². The summed E-state index contributed by atoms with van der Waals surface area (Å²) in [6.07, 6.45) is 2.08. The second kappa shape index (κ2) is 3.97. The van der Waals surface area contributed by atoms with Crippen molar-refractivity contribution in [3.05, 3.63) is 60.3 Å². The van der Waals surface area contributed by atoms with E-state index in [1.807, 2.05) is 24.3 Å². The van der Waals surface area contributed by atoms with E-state index in [1.165, 1.54) is 5.56 Å². The number of benzene rings is 1. The van der Waals surface area contributed by atoms with Crippen molar-refractivity contribution in [3.8, 4) is 0 Å². The molecule has 1 atom stereocenters. The summed E-state index contributed by atoms with van der Waals surface area (Å²) in [7, 11) is 0. The number of hydrogen-bond donors (Lipinski definition) is 0. The van der Waals surface area contributed by atoms with Gasteiger partial charge < -0.3 is 0 Å². The SMILES string of the molecule is IC1C(c2ccccc2)=Nc2cccc[n+]21. The Kier molecular flexibility index (Phi) is 2.47. The van der Waals surface area contributed by atoms with Crippen molar-refractivity contribution < 1.29 is 4.57 Å². The molecule has 0 spiro atoms. The van der Waals surface area contributed by atoms with Crippen LogP contribution in [-0.2, 0) is 0 Å². The number of hydrogen-bond acceptors (Lipinski definition) is 1. The Labute approximate surface area is 108 Å². The monoisotopic (exact) mass is 321 g/mol. The number of alkyl halides is 1. The molecule has 1 aromatic heterocycles. The van der Waals surface area contributed by atoms with Gasteiger partial charge in [0.25, 0.3) is 0 Å². The van der Waals surface area contributed by atoms with E-state index in [4.69, 9.17) is 0 Å². The van der Waals surface area contributed by atoms with Crippen LogP contribution < -0.4 is 4.57 Å². The maximum Gasteiger partial charge on any atom is 0.324 e. The van der Waals surface area contributed by atoms with Crippen LogP contribution in [0.1, 0.15) is 9.61 Å². The number of rotatable bonds is 1. The van der Waals surface area contributed by atoms with Gasteiger partial charge in [-0.2, -0.15) is 0 Å². The number of fused-ring (bicyclic) bond motifs is 1. The molecule has 0 amide bonds. The molecule has 0 saturated carbocycles. The van der Waals surface area contributed by atoms with Crippen molar-refractivity contribution in [2.75, 3.05) is 0 Å². The molecule has 0 N–H and O–H groups in total. The first-order valence-corrected chi connectivity index (χ1v) is 6.39. The second-order valence-electron chi connectivity index (χ2n) is 3.66. The third-order valence-corrected chi connectivity index (χ3v) is 3.83. The first-order chi connectivity index (χ1) is 7.86. The molecule has 1 aliphatic rings. The van der Waals surface area contributed by atoms with Gasteiger partial charge >= 0.3 is 5.82 Å². The third kappa shape index (κ3) is 1.55. The number of nitrogens with zero attached hydrogens (tertiary/aromatic N) is 2. The highest BCUT2D eigenvalue weighted by Gasteiger charge is 2.33. The van der Waals surface area contributed by atoms with Crippen LogP contribution in [0.2, 0.25) is 0 Å². The van der Waals surface area contributed by atoms with Gasteiger partial charge in [0, 0.05) is 11.6 Å². The van der Waals surface area contributed by atoms with Crippen LogP contribution >= 0.6 is 22.6 Å². The lowest BCUT2D eigenvalue weighted by Gasteiger charge is -2.01. The smallest absolute Gasteiger partial charge is 0.211 e. The molecular weight excluding hydrogens is 311 g/mol. The highest BCUT2D eigenvalue weighted by molar-refractivity contribution is 14.1. The Morgan fingerprint density at radius 2 is 1.75 bits per heavy atom. The molecule has 2 aromatic rings. The van der Waals surface area contributed by atoms with E-state index in [0.29, 0.717) is 0 Å². The van der Waals surface area contributed by atoms with Gasteiger partial charge in [-0.15, -0.1) is 0 Å². The fourth-order valence-corrected chi connectivity index (χ4v) is 2.82. The van der Waals surface area contributed by atoms with Crippen LogP contribution in [0.3, 0.4) is 0 Å². The first kappa shape index (κ1) is 9.96. The number of aromatic nitrogens is 1. The summed E-state index contributed by atoms with van der Waals surface area (Å²) < 4.78 is 2.47. The first-order valence-electron chi connectivity index (χ1n) is 5.14. The summed E-state index contributed by atoms with van der Waals surface area (Å²) in [6.45, 7) is 0. The van der Waals surface area contributed by atoms with Gasteiger partial charge in [0.15, 0.2) is 0 Å². The molecule has 78 valence electrons. The van der Waals surface area contributed by atoms with E-state index >= 15 is 0 Å². The number of pyridine rings is 1. The predicted molar refractivity (Wildman–Crippen MR) is 72.3 cm³/mol. The predicted octanol–water partition coefficient (Wildman–Crippen LogP) is 3.04. The van der Waals surface area contributed by atoms with Crippen LogP contribution in [0.4, 0.5) is 5.82 Å². The standard InChI is InChI=1S/C13H10IN2/c14-13-12(10-6-2-1-3-7-10)15-11-8-4-5-9-16(11)13/h1-9,13H/q+1. The molecule has 1 aliphatic heterocycles. The zero-order valence-corrected chi connectivity index (χ0v) is 10.7. The third-order valence-electron chi connectivity index (χ3n) is 2.64. The van der Waals surface area contributed by atoms with E-state index in [0.717, 1.165) is 11.5 Å². The molecule has 0 fully saturated rings. The summed E-state index contributed by atoms with van der Waals surface area (Å²) >= 11 is 2.42. The summed E-state index contributed by atoms with van der Waals surface area (Å²) in [5.74, 6) is 1.03. The lowest BCUT2D eigenvalue weighted by molar-refractivity contribution is -0.661. The van der Waals surface area contributed by atoms with Gasteiger partial charge in [-0.25, -0.2) is 4.57 Å². The van der Waals surface area contributed by atoms with E-state index < -0.39 is 0 Å². The minimum Gasteiger partial charge on any atom is -0.211 e. The Morgan fingerprint density at radius 1 is 1.00 bits per heavy atom. The average molecular weight is 321 g/mol. The molecule has 1 aromatic carbocycles. The van der Waals surface area contributed by atoms with Crippen LogP contribution in [0.5, 0.6) is 0 Å². The summed E-state index contributed by atoms with van der Waals surface area (Å²) in [5.41, 5.74) is 2.33. The molecule has 3 rings (SSSR count). The van der Waals surface area contributed by atoms with Crippen molar-refractivity contribution in [1.82, 2.24) is 0 Å². The quantitative estimate of drug-likeness (QED) is 0.436. The van der Waals surface area contributed by atoms with Gasteiger partial charge in [-0.05, 0) is 33.6 Å². The van der Waals surface area contributed by atoms with Crippen LogP contribution in [0.15, 0.2) is 59.7 Å². The Morgan fingerprint density at radius 3 is 2.50 bits per heavy atom. The number of halogens is 1. The molecule has 0 aliphatic carbocycles. The fraction of sp³-hybridized carbons (Fsp3) is 0.0769. The van der Waals surface area contributed by atoms with Crippen LogP contribution in [0.25, 0.3) is 0 Å². The zero-order chi connectivity index (χ0) is 11.0. The van der Waals surface area contributed by atoms with Gasteiger partial charge in [-0.1, -0.05) is 36.4 Å². The molecule has 2 heterocycles. The molecule has 16 heavy (non-hydrogen) atoms. The molecule has 0 bridgehead atoms. The lowest BCUT2D eigenvalue weighted by atomic mass is 10.1. The minimum atomic E-state index is 0.288.